The molecule has 5 nitrogen and oxygen atoms in total. The Bertz CT molecular complexity index is 672. The monoisotopic (exact) mass is 326 g/mol. The van der Waals surface area contributed by atoms with Gasteiger partial charge in [-0.15, -0.1) is 0 Å². The zero-order valence-corrected chi connectivity index (χ0v) is 12.1. The first kappa shape index (κ1) is 16.6. The molecule has 0 fully saturated rings. The highest BCUT2D eigenvalue weighted by Crippen LogP contribution is 2.19. The van der Waals surface area contributed by atoms with Crippen molar-refractivity contribution < 1.29 is 27.4 Å². The number of pyridine rings is 1. The molecule has 0 spiro atoms. The Kier molecular flexibility index (Phi) is 5.05. The SMILES string of the molecule is COc1cccc(NC(=O)c2ccc(OCC(F)(F)F)nc2)c1. The molecule has 1 aromatic heterocycles. The van der Waals surface area contributed by atoms with Crippen LogP contribution < -0.4 is 14.8 Å². The molecule has 0 bridgehead atoms. The second-order valence-corrected chi connectivity index (χ2v) is 4.48. The Hall–Kier alpha value is -2.77. The van der Waals surface area contributed by atoms with Gasteiger partial charge in [-0.25, -0.2) is 4.98 Å². The summed E-state index contributed by atoms with van der Waals surface area (Å²) in [5.74, 6) is -0.0785. The minimum Gasteiger partial charge on any atom is -0.497 e. The zero-order chi connectivity index (χ0) is 16.9. The van der Waals surface area contributed by atoms with Gasteiger partial charge in [0, 0.05) is 24.0 Å². The van der Waals surface area contributed by atoms with E-state index in [0.717, 1.165) is 6.20 Å². The molecule has 0 saturated carbocycles. The number of carbonyl (C=O) groups excluding carboxylic acids is 1. The molecule has 0 aliphatic heterocycles. The lowest BCUT2D eigenvalue weighted by atomic mass is 10.2. The van der Waals surface area contributed by atoms with Crippen molar-refractivity contribution in [3.8, 4) is 11.6 Å². The van der Waals surface area contributed by atoms with Crippen molar-refractivity contribution in [3.63, 3.8) is 0 Å². The van der Waals surface area contributed by atoms with Crippen molar-refractivity contribution >= 4 is 11.6 Å². The van der Waals surface area contributed by atoms with E-state index in [1.807, 2.05) is 0 Å². The molecular weight excluding hydrogens is 313 g/mol. The number of nitrogens with zero attached hydrogens (tertiary/aromatic N) is 1. The van der Waals surface area contributed by atoms with E-state index in [0.29, 0.717) is 11.4 Å². The standard InChI is InChI=1S/C15H13F3N2O3/c1-22-12-4-2-3-11(7-12)20-14(21)10-5-6-13(19-8-10)23-9-15(16,17)18/h2-8H,9H2,1H3,(H,20,21). The van der Waals surface area contributed by atoms with Gasteiger partial charge in [-0.1, -0.05) is 6.07 Å². The van der Waals surface area contributed by atoms with Crippen LogP contribution in [0, 0.1) is 0 Å². The number of alkyl halides is 3. The van der Waals surface area contributed by atoms with Gasteiger partial charge in [-0.05, 0) is 18.2 Å². The normalized spacial score (nSPS) is 11.0. The highest BCUT2D eigenvalue weighted by molar-refractivity contribution is 6.04. The first-order valence-corrected chi connectivity index (χ1v) is 6.48. The molecule has 0 unspecified atom stereocenters. The van der Waals surface area contributed by atoms with Gasteiger partial charge in [0.15, 0.2) is 6.61 Å². The molecule has 2 aromatic rings. The number of methoxy groups -OCH3 is 1. The van der Waals surface area contributed by atoms with Crippen molar-refractivity contribution in [1.29, 1.82) is 0 Å². The molecule has 0 atom stereocenters. The lowest BCUT2D eigenvalue weighted by molar-refractivity contribution is -0.154. The van der Waals surface area contributed by atoms with Crippen LogP contribution in [0.2, 0.25) is 0 Å². The Labute approximate surface area is 130 Å². The topological polar surface area (TPSA) is 60.5 Å². The van der Waals surface area contributed by atoms with Crippen LogP contribution in [0.25, 0.3) is 0 Å². The molecule has 1 heterocycles. The fraction of sp³-hybridized carbons (Fsp3) is 0.200. The Morgan fingerprint density at radius 2 is 2.04 bits per heavy atom. The van der Waals surface area contributed by atoms with Crippen molar-refractivity contribution in [1.82, 2.24) is 4.98 Å². The molecule has 1 aromatic carbocycles. The van der Waals surface area contributed by atoms with Gasteiger partial charge in [-0.3, -0.25) is 4.79 Å². The number of ether oxygens (including phenoxy) is 2. The van der Waals surface area contributed by atoms with E-state index in [1.165, 1.54) is 19.2 Å². The number of carbonyl (C=O) groups is 1. The van der Waals surface area contributed by atoms with Crippen LogP contribution >= 0.6 is 0 Å². The predicted molar refractivity (Wildman–Crippen MR) is 76.7 cm³/mol. The quantitative estimate of drug-likeness (QED) is 0.916. The van der Waals surface area contributed by atoms with Gasteiger partial charge >= 0.3 is 6.18 Å². The Morgan fingerprint density at radius 1 is 1.26 bits per heavy atom. The number of anilines is 1. The van der Waals surface area contributed by atoms with E-state index in [4.69, 9.17) is 4.74 Å². The van der Waals surface area contributed by atoms with Gasteiger partial charge in [0.2, 0.25) is 5.88 Å². The average molecular weight is 326 g/mol. The maximum absolute atomic E-state index is 12.0. The molecule has 0 saturated heterocycles. The van der Waals surface area contributed by atoms with E-state index in [9.17, 15) is 18.0 Å². The molecule has 0 aliphatic carbocycles. The van der Waals surface area contributed by atoms with Gasteiger partial charge in [0.05, 0.1) is 12.7 Å². The van der Waals surface area contributed by atoms with Crippen LogP contribution in [-0.4, -0.2) is 30.8 Å². The fourth-order valence-corrected chi connectivity index (χ4v) is 1.66. The third-order valence-corrected chi connectivity index (χ3v) is 2.71. The molecule has 23 heavy (non-hydrogen) atoms. The summed E-state index contributed by atoms with van der Waals surface area (Å²) in [5, 5.41) is 2.63. The van der Waals surface area contributed by atoms with Crippen LogP contribution in [0.3, 0.4) is 0 Å². The fourth-order valence-electron chi connectivity index (χ4n) is 1.66. The van der Waals surface area contributed by atoms with Crippen LogP contribution in [0.1, 0.15) is 10.4 Å². The summed E-state index contributed by atoms with van der Waals surface area (Å²) in [6.07, 6.45) is -3.30. The molecule has 122 valence electrons. The van der Waals surface area contributed by atoms with Crippen molar-refractivity contribution in [2.45, 2.75) is 6.18 Å². The number of benzene rings is 1. The van der Waals surface area contributed by atoms with E-state index >= 15 is 0 Å². The number of halogens is 3. The molecule has 8 heteroatoms. The zero-order valence-electron chi connectivity index (χ0n) is 12.1. The molecular formula is C15H13F3N2O3. The summed E-state index contributed by atoms with van der Waals surface area (Å²) in [5.41, 5.74) is 0.707. The highest BCUT2D eigenvalue weighted by atomic mass is 19.4. The number of aromatic nitrogens is 1. The largest absolute Gasteiger partial charge is 0.497 e. The Balaban J connectivity index is 1.99. The molecule has 1 amide bonds. The van der Waals surface area contributed by atoms with Crippen molar-refractivity contribution in [2.24, 2.45) is 0 Å². The van der Waals surface area contributed by atoms with Crippen molar-refractivity contribution in [2.75, 3.05) is 19.0 Å². The number of amides is 1. The van der Waals surface area contributed by atoms with Crippen molar-refractivity contribution in [3.05, 3.63) is 48.2 Å². The maximum Gasteiger partial charge on any atom is 0.422 e. The number of nitrogens with one attached hydrogen (secondary N) is 1. The highest BCUT2D eigenvalue weighted by Gasteiger charge is 2.28. The van der Waals surface area contributed by atoms with Gasteiger partial charge in [0.25, 0.3) is 5.91 Å². The Morgan fingerprint density at radius 3 is 2.65 bits per heavy atom. The third-order valence-electron chi connectivity index (χ3n) is 2.71. The van der Waals surface area contributed by atoms with Crippen LogP contribution in [0.5, 0.6) is 11.6 Å². The summed E-state index contributed by atoms with van der Waals surface area (Å²) < 4.78 is 45.6. The lowest BCUT2D eigenvalue weighted by Gasteiger charge is -2.09. The summed E-state index contributed by atoms with van der Waals surface area (Å²) in [6, 6.07) is 9.27. The number of hydrogen-bond acceptors (Lipinski definition) is 4. The number of hydrogen-bond donors (Lipinski definition) is 1. The predicted octanol–water partition coefficient (Wildman–Crippen LogP) is 3.28. The third kappa shape index (κ3) is 5.17. The van der Waals surface area contributed by atoms with E-state index in [-0.39, 0.29) is 11.4 Å². The minimum absolute atomic E-state index is 0.187. The van der Waals surface area contributed by atoms with Gasteiger partial charge in [-0.2, -0.15) is 13.2 Å². The first-order chi connectivity index (χ1) is 10.9. The van der Waals surface area contributed by atoms with E-state index in [1.54, 1.807) is 24.3 Å². The summed E-state index contributed by atoms with van der Waals surface area (Å²) in [4.78, 5) is 15.7. The molecule has 1 N–H and O–H groups in total. The smallest absolute Gasteiger partial charge is 0.422 e. The lowest BCUT2D eigenvalue weighted by Crippen LogP contribution is -2.19. The van der Waals surface area contributed by atoms with Crippen LogP contribution in [0.4, 0.5) is 18.9 Å². The minimum atomic E-state index is -4.44. The summed E-state index contributed by atoms with van der Waals surface area (Å²) in [7, 11) is 1.50. The second kappa shape index (κ2) is 6.99. The number of rotatable bonds is 5. The summed E-state index contributed by atoms with van der Waals surface area (Å²) >= 11 is 0. The van der Waals surface area contributed by atoms with Gasteiger partial charge < -0.3 is 14.8 Å². The molecule has 0 aliphatic rings. The maximum atomic E-state index is 12.0. The first-order valence-electron chi connectivity index (χ1n) is 6.48. The van der Waals surface area contributed by atoms with E-state index in [2.05, 4.69) is 15.0 Å². The van der Waals surface area contributed by atoms with Crippen LogP contribution in [0.15, 0.2) is 42.6 Å². The summed E-state index contributed by atoms with van der Waals surface area (Å²) in [6.45, 7) is -1.44. The molecule has 2 rings (SSSR count). The van der Waals surface area contributed by atoms with Gasteiger partial charge in [0.1, 0.15) is 5.75 Å². The van der Waals surface area contributed by atoms with E-state index < -0.39 is 18.7 Å². The molecule has 0 radical (unpaired) electrons. The second-order valence-electron chi connectivity index (χ2n) is 4.48. The van der Waals surface area contributed by atoms with Crippen LogP contribution in [-0.2, 0) is 0 Å². The average Bonchev–Trinajstić information content (AvgIpc) is 2.53.